The van der Waals surface area contributed by atoms with Gasteiger partial charge in [0.05, 0.1) is 12.8 Å². The molecule has 0 atom stereocenters. The molecule has 1 aromatic heterocycles. The van der Waals surface area contributed by atoms with Crippen molar-refractivity contribution in [2.45, 2.75) is 53.0 Å². The lowest BCUT2D eigenvalue weighted by atomic mass is 10.1. The first-order valence-corrected chi connectivity index (χ1v) is 7.70. The van der Waals surface area contributed by atoms with Crippen molar-refractivity contribution < 1.29 is 19.1 Å². The molecule has 0 saturated heterocycles. The van der Waals surface area contributed by atoms with Crippen LogP contribution in [0.3, 0.4) is 0 Å². The Labute approximate surface area is 137 Å². The molecule has 6 heteroatoms. The number of amides is 1. The van der Waals surface area contributed by atoms with Gasteiger partial charge in [-0.2, -0.15) is 0 Å². The number of carbonyl (C=O) groups is 2. The van der Waals surface area contributed by atoms with Gasteiger partial charge in [-0.25, -0.2) is 4.79 Å². The molecule has 0 fully saturated rings. The van der Waals surface area contributed by atoms with E-state index in [2.05, 4.69) is 10.3 Å². The SMILES string of the molecule is CCCc1nc(C)cc(OCC(=O)NC(C)(C)C)c1C(=O)OC. The third-order valence-corrected chi connectivity index (χ3v) is 2.94. The van der Waals surface area contributed by atoms with Crippen LogP contribution in [-0.4, -0.2) is 36.1 Å². The first-order chi connectivity index (χ1) is 10.7. The molecule has 6 nitrogen and oxygen atoms in total. The van der Waals surface area contributed by atoms with Gasteiger partial charge in [0, 0.05) is 17.3 Å². The van der Waals surface area contributed by atoms with Crippen LogP contribution in [0, 0.1) is 6.92 Å². The minimum atomic E-state index is -0.507. The Morgan fingerprint density at radius 2 is 1.96 bits per heavy atom. The van der Waals surface area contributed by atoms with Crippen LogP contribution in [0.4, 0.5) is 0 Å². The number of hydrogen-bond donors (Lipinski definition) is 1. The molecule has 0 aliphatic rings. The molecule has 0 spiro atoms. The van der Waals surface area contributed by atoms with Gasteiger partial charge in [0.1, 0.15) is 11.3 Å². The number of nitrogens with one attached hydrogen (secondary N) is 1. The zero-order chi connectivity index (χ0) is 17.6. The number of ether oxygens (including phenoxy) is 2. The van der Waals surface area contributed by atoms with Crippen molar-refractivity contribution in [3.8, 4) is 5.75 Å². The average molecular weight is 322 g/mol. The molecule has 1 N–H and O–H groups in total. The number of carbonyl (C=O) groups excluding carboxylic acids is 2. The summed E-state index contributed by atoms with van der Waals surface area (Å²) in [7, 11) is 1.31. The Morgan fingerprint density at radius 3 is 2.48 bits per heavy atom. The first kappa shape index (κ1) is 18.9. The molecule has 128 valence electrons. The van der Waals surface area contributed by atoms with Gasteiger partial charge < -0.3 is 14.8 Å². The zero-order valence-electron chi connectivity index (χ0n) is 14.8. The summed E-state index contributed by atoms with van der Waals surface area (Å²) in [6.45, 7) is 9.32. The molecule has 0 aliphatic heterocycles. The van der Waals surface area contributed by atoms with Gasteiger partial charge in [-0.05, 0) is 34.1 Å². The third kappa shape index (κ3) is 5.88. The molecule has 0 aliphatic carbocycles. The molecule has 1 aromatic rings. The Morgan fingerprint density at radius 1 is 1.30 bits per heavy atom. The molecule has 0 radical (unpaired) electrons. The van der Waals surface area contributed by atoms with Crippen molar-refractivity contribution in [1.29, 1.82) is 0 Å². The smallest absolute Gasteiger partial charge is 0.343 e. The van der Waals surface area contributed by atoms with Crippen molar-refractivity contribution in [3.05, 3.63) is 23.0 Å². The van der Waals surface area contributed by atoms with Crippen molar-refractivity contribution in [2.24, 2.45) is 0 Å². The monoisotopic (exact) mass is 322 g/mol. The van der Waals surface area contributed by atoms with E-state index < -0.39 is 5.97 Å². The van der Waals surface area contributed by atoms with Gasteiger partial charge in [0.15, 0.2) is 6.61 Å². The van der Waals surface area contributed by atoms with Gasteiger partial charge in [0.2, 0.25) is 0 Å². The van der Waals surface area contributed by atoms with Crippen LogP contribution in [0.25, 0.3) is 0 Å². The van der Waals surface area contributed by atoms with Gasteiger partial charge in [0.25, 0.3) is 5.91 Å². The molecule has 1 amide bonds. The van der Waals surface area contributed by atoms with E-state index in [-0.39, 0.29) is 18.1 Å². The van der Waals surface area contributed by atoms with Crippen molar-refractivity contribution >= 4 is 11.9 Å². The molecule has 0 bridgehead atoms. The summed E-state index contributed by atoms with van der Waals surface area (Å²) in [5.41, 5.74) is 1.31. The van der Waals surface area contributed by atoms with Gasteiger partial charge in [-0.1, -0.05) is 13.3 Å². The van der Waals surface area contributed by atoms with Gasteiger partial charge in [-0.15, -0.1) is 0 Å². The molecule has 0 aromatic carbocycles. The van der Waals surface area contributed by atoms with Crippen LogP contribution in [-0.2, 0) is 16.0 Å². The molecule has 1 rings (SSSR count). The number of pyridine rings is 1. The predicted octanol–water partition coefficient (Wildman–Crippen LogP) is 2.42. The maximum atomic E-state index is 12.1. The maximum Gasteiger partial charge on any atom is 0.343 e. The second-order valence-electron chi connectivity index (χ2n) is 6.41. The Balaban J connectivity index is 3.04. The van der Waals surface area contributed by atoms with Crippen molar-refractivity contribution in [1.82, 2.24) is 10.3 Å². The highest BCUT2D eigenvalue weighted by Gasteiger charge is 2.21. The minimum absolute atomic E-state index is 0.170. The summed E-state index contributed by atoms with van der Waals surface area (Å²) in [4.78, 5) is 28.4. The van der Waals surface area contributed by atoms with E-state index in [4.69, 9.17) is 9.47 Å². The number of hydrogen-bond acceptors (Lipinski definition) is 5. The summed E-state index contributed by atoms with van der Waals surface area (Å²) < 4.78 is 10.4. The van der Waals surface area contributed by atoms with E-state index >= 15 is 0 Å². The average Bonchev–Trinajstić information content (AvgIpc) is 2.42. The summed E-state index contributed by atoms with van der Waals surface area (Å²) in [6.07, 6.45) is 1.47. The molecule has 0 unspecified atom stereocenters. The van der Waals surface area contributed by atoms with Crippen LogP contribution < -0.4 is 10.1 Å². The molecule has 23 heavy (non-hydrogen) atoms. The fraction of sp³-hybridized carbons (Fsp3) is 0.588. The second-order valence-corrected chi connectivity index (χ2v) is 6.41. The van der Waals surface area contributed by atoms with E-state index in [0.717, 1.165) is 12.1 Å². The summed E-state index contributed by atoms with van der Waals surface area (Å²) in [5.74, 6) is -0.427. The summed E-state index contributed by atoms with van der Waals surface area (Å²) >= 11 is 0. The van der Waals surface area contributed by atoms with Crippen LogP contribution in [0.1, 0.15) is 55.9 Å². The number of rotatable bonds is 6. The number of nitrogens with zero attached hydrogens (tertiary/aromatic N) is 1. The first-order valence-electron chi connectivity index (χ1n) is 7.70. The predicted molar refractivity (Wildman–Crippen MR) is 87.7 cm³/mol. The second kappa shape index (κ2) is 7.94. The van der Waals surface area contributed by atoms with Crippen LogP contribution in [0.5, 0.6) is 5.75 Å². The van der Waals surface area contributed by atoms with Crippen molar-refractivity contribution in [3.63, 3.8) is 0 Å². The fourth-order valence-electron chi connectivity index (χ4n) is 2.15. The molecular formula is C17H26N2O4. The Hall–Kier alpha value is -2.11. The number of esters is 1. The quantitative estimate of drug-likeness (QED) is 0.814. The zero-order valence-corrected chi connectivity index (χ0v) is 14.8. The lowest BCUT2D eigenvalue weighted by Crippen LogP contribution is -2.43. The fourth-order valence-corrected chi connectivity index (χ4v) is 2.15. The Bertz CT molecular complexity index is 577. The molecule has 1 heterocycles. The van der Waals surface area contributed by atoms with E-state index in [0.29, 0.717) is 23.4 Å². The lowest BCUT2D eigenvalue weighted by molar-refractivity contribution is -0.124. The number of methoxy groups -OCH3 is 1. The maximum absolute atomic E-state index is 12.1. The van der Waals surface area contributed by atoms with Crippen LogP contribution in [0.2, 0.25) is 0 Å². The highest BCUT2D eigenvalue weighted by Crippen LogP contribution is 2.24. The van der Waals surface area contributed by atoms with Gasteiger partial charge in [-0.3, -0.25) is 9.78 Å². The van der Waals surface area contributed by atoms with E-state index in [1.807, 2.05) is 34.6 Å². The minimum Gasteiger partial charge on any atom is -0.483 e. The van der Waals surface area contributed by atoms with E-state index in [1.54, 1.807) is 6.07 Å². The largest absolute Gasteiger partial charge is 0.483 e. The molecular weight excluding hydrogens is 296 g/mol. The summed E-state index contributed by atoms with van der Waals surface area (Å²) in [5, 5.41) is 2.81. The topological polar surface area (TPSA) is 77.5 Å². The van der Waals surface area contributed by atoms with Gasteiger partial charge >= 0.3 is 5.97 Å². The normalized spacial score (nSPS) is 11.0. The Kier molecular flexibility index (Phi) is 6.54. The van der Waals surface area contributed by atoms with Crippen LogP contribution in [0.15, 0.2) is 6.07 Å². The number of aryl methyl sites for hydroxylation is 2. The standard InChI is InChI=1S/C17H26N2O4/c1-7-8-12-15(16(21)22-6)13(9-11(2)18-12)23-10-14(20)19-17(3,4)5/h9H,7-8,10H2,1-6H3,(H,19,20). The van der Waals surface area contributed by atoms with E-state index in [1.165, 1.54) is 7.11 Å². The van der Waals surface area contributed by atoms with E-state index in [9.17, 15) is 9.59 Å². The number of aromatic nitrogens is 1. The molecule has 0 saturated carbocycles. The third-order valence-electron chi connectivity index (χ3n) is 2.94. The van der Waals surface area contributed by atoms with Crippen LogP contribution >= 0.6 is 0 Å². The van der Waals surface area contributed by atoms with Crippen molar-refractivity contribution in [2.75, 3.05) is 13.7 Å². The highest BCUT2D eigenvalue weighted by atomic mass is 16.5. The summed E-state index contributed by atoms with van der Waals surface area (Å²) in [6, 6.07) is 1.65. The highest BCUT2D eigenvalue weighted by molar-refractivity contribution is 5.94. The lowest BCUT2D eigenvalue weighted by Gasteiger charge is -2.21.